The van der Waals surface area contributed by atoms with Gasteiger partial charge in [-0.15, -0.1) is 0 Å². The fraction of sp³-hybridized carbons (Fsp3) is 0.500. The number of halogens is 1. The van der Waals surface area contributed by atoms with Crippen molar-refractivity contribution in [1.29, 1.82) is 0 Å². The summed E-state index contributed by atoms with van der Waals surface area (Å²) in [5.41, 5.74) is 6.57. The van der Waals surface area contributed by atoms with Crippen LogP contribution in [0.2, 0.25) is 0 Å². The Morgan fingerprint density at radius 3 is 2.89 bits per heavy atom. The van der Waals surface area contributed by atoms with Crippen LogP contribution >= 0.6 is 0 Å². The van der Waals surface area contributed by atoms with Gasteiger partial charge >= 0.3 is 0 Å². The first-order valence-electron chi connectivity index (χ1n) is 6.34. The van der Waals surface area contributed by atoms with Gasteiger partial charge in [0.2, 0.25) is 0 Å². The Balaban J connectivity index is 2.41. The normalized spacial score (nSPS) is 25.1. The van der Waals surface area contributed by atoms with Gasteiger partial charge in [0, 0.05) is 6.04 Å². The number of nitrogens with two attached hydrogens (primary N) is 1. The first-order chi connectivity index (χ1) is 8.49. The molecule has 0 spiro atoms. The Morgan fingerprint density at radius 1 is 1.56 bits per heavy atom. The van der Waals surface area contributed by atoms with Crippen LogP contribution in [0, 0.1) is 5.82 Å². The second-order valence-electron chi connectivity index (χ2n) is 5.09. The van der Waals surface area contributed by atoms with E-state index < -0.39 is 0 Å². The first-order valence-corrected chi connectivity index (χ1v) is 6.34. The van der Waals surface area contributed by atoms with E-state index in [0.29, 0.717) is 12.5 Å². The van der Waals surface area contributed by atoms with Crippen molar-refractivity contribution in [3.8, 4) is 0 Å². The fourth-order valence-corrected chi connectivity index (χ4v) is 2.59. The van der Waals surface area contributed by atoms with Crippen LogP contribution < -0.4 is 5.73 Å². The lowest BCUT2D eigenvalue weighted by Gasteiger charge is -2.40. The van der Waals surface area contributed by atoms with Crippen LogP contribution in [-0.4, -0.2) is 23.4 Å². The van der Waals surface area contributed by atoms with Crippen molar-refractivity contribution >= 4 is 5.96 Å². The van der Waals surface area contributed by atoms with E-state index in [1.54, 1.807) is 12.1 Å². The second-order valence-corrected chi connectivity index (χ2v) is 5.09. The predicted molar refractivity (Wildman–Crippen MR) is 71.8 cm³/mol. The quantitative estimate of drug-likeness (QED) is 0.894. The Kier molecular flexibility index (Phi) is 3.28. The molecule has 2 rings (SSSR count). The molecule has 1 aromatic carbocycles. The van der Waals surface area contributed by atoms with Crippen molar-refractivity contribution in [2.75, 3.05) is 6.54 Å². The lowest BCUT2D eigenvalue weighted by molar-refractivity contribution is 0.171. The topological polar surface area (TPSA) is 41.6 Å². The van der Waals surface area contributed by atoms with E-state index in [9.17, 15) is 4.39 Å². The van der Waals surface area contributed by atoms with Gasteiger partial charge in [0.25, 0.3) is 0 Å². The van der Waals surface area contributed by atoms with Crippen molar-refractivity contribution in [1.82, 2.24) is 4.90 Å². The molecule has 0 saturated heterocycles. The molecule has 0 radical (unpaired) electrons. The summed E-state index contributed by atoms with van der Waals surface area (Å²) in [6, 6.07) is 6.99. The summed E-state index contributed by atoms with van der Waals surface area (Å²) in [7, 11) is 0. The number of nitrogens with zero attached hydrogens (tertiary/aromatic N) is 2. The molecule has 3 nitrogen and oxygen atoms in total. The zero-order chi connectivity index (χ0) is 13.3. The highest BCUT2D eigenvalue weighted by Crippen LogP contribution is 2.35. The number of aliphatic imine (C=N–C) groups is 1. The van der Waals surface area contributed by atoms with Gasteiger partial charge in [0.05, 0.1) is 12.1 Å². The zero-order valence-electron chi connectivity index (χ0n) is 11.2. The SMILES string of the molecule is CCC(C)N1C(N)=NCC1(C)c1cccc(F)c1. The molecule has 4 heteroatoms. The Hall–Kier alpha value is -1.58. The molecule has 0 aromatic heterocycles. The molecule has 1 aliphatic heterocycles. The summed E-state index contributed by atoms with van der Waals surface area (Å²) < 4.78 is 13.4. The highest BCUT2D eigenvalue weighted by molar-refractivity contribution is 5.81. The van der Waals surface area contributed by atoms with Gasteiger partial charge in [-0.05, 0) is 38.0 Å². The molecule has 1 aliphatic rings. The predicted octanol–water partition coefficient (Wildman–Crippen LogP) is 2.47. The molecule has 0 amide bonds. The highest BCUT2D eigenvalue weighted by atomic mass is 19.1. The van der Waals surface area contributed by atoms with E-state index >= 15 is 0 Å². The molecule has 18 heavy (non-hydrogen) atoms. The van der Waals surface area contributed by atoms with Gasteiger partial charge in [-0.25, -0.2) is 4.39 Å². The van der Waals surface area contributed by atoms with E-state index in [1.807, 2.05) is 6.07 Å². The first kappa shape index (κ1) is 12.9. The maximum atomic E-state index is 13.4. The zero-order valence-corrected chi connectivity index (χ0v) is 11.2. The second kappa shape index (κ2) is 4.59. The van der Waals surface area contributed by atoms with Crippen molar-refractivity contribution in [3.63, 3.8) is 0 Å². The number of guanidine groups is 1. The number of benzene rings is 1. The fourth-order valence-electron chi connectivity index (χ4n) is 2.59. The minimum absolute atomic E-state index is 0.219. The van der Waals surface area contributed by atoms with E-state index in [4.69, 9.17) is 5.73 Å². The summed E-state index contributed by atoms with van der Waals surface area (Å²) in [6.07, 6.45) is 0.973. The summed E-state index contributed by atoms with van der Waals surface area (Å²) in [6.45, 7) is 6.87. The lowest BCUT2D eigenvalue weighted by Crippen LogP contribution is -2.51. The Bertz CT molecular complexity index is 472. The van der Waals surface area contributed by atoms with Crippen LogP contribution in [0.15, 0.2) is 29.3 Å². The average molecular weight is 249 g/mol. The maximum Gasteiger partial charge on any atom is 0.192 e. The van der Waals surface area contributed by atoms with Crippen LogP contribution in [-0.2, 0) is 5.54 Å². The molecular formula is C14H20FN3. The third-order valence-electron chi connectivity index (χ3n) is 3.81. The number of hydrogen-bond donors (Lipinski definition) is 1. The van der Waals surface area contributed by atoms with E-state index in [0.717, 1.165) is 12.0 Å². The molecule has 98 valence electrons. The third kappa shape index (κ3) is 1.96. The van der Waals surface area contributed by atoms with Gasteiger partial charge < -0.3 is 10.6 Å². The van der Waals surface area contributed by atoms with Crippen molar-refractivity contribution in [2.24, 2.45) is 10.7 Å². The van der Waals surface area contributed by atoms with Crippen molar-refractivity contribution in [2.45, 2.75) is 38.8 Å². The molecule has 2 unspecified atom stereocenters. The molecule has 0 bridgehead atoms. The molecule has 1 heterocycles. The van der Waals surface area contributed by atoms with Crippen LogP contribution in [0.5, 0.6) is 0 Å². The third-order valence-corrected chi connectivity index (χ3v) is 3.81. The number of rotatable bonds is 3. The largest absolute Gasteiger partial charge is 0.370 e. The summed E-state index contributed by atoms with van der Waals surface area (Å²) >= 11 is 0. The van der Waals surface area contributed by atoms with Gasteiger partial charge in [0.15, 0.2) is 5.96 Å². The Labute approximate surface area is 108 Å². The summed E-state index contributed by atoms with van der Waals surface area (Å²) in [5, 5.41) is 0. The van der Waals surface area contributed by atoms with Gasteiger partial charge in [-0.1, -0.05) is 19.1 Å². The Morgan fingerprint density at radius 2 is 2.28 bits per heavy atom. The molecule has 1 aromatic rings. The summed E-state index contributed by atoms with van der Waals surface area (Å²) in [4.78, 5) is 6.44. The average Bonchev–Trinajstić information content (AvgIpc) is 2.66. The van der Waals surface area contributed by atoms with Crippen LogP contribution in [0.25, 0.3) is 0 Å². The smallest absolute Gasteiger partial charge is 0.192 e. The van der Waals surface area contributed by atoms with Crippen LogP contribution in [0.4, 0.5) is 4.39 Å². The standard InChI is InChI=1S/C14H20FN3/c1-4-10(2)18-13(16)17-9-14(18,3)11-6-5-7-12(15)8-11/h5-8,10H,4,9H2,1-3H3,(H2,16,17). The van der Waals surface area contributed by atoms with Gasteiger partial charge in [0.1, 0.15) is 5.82 Å². The molecule has 0 saturated carbocycles. The monoisotopic (exact) mass is 249 g/mol. The van der Waals surface area contributed by atoms with Crippen molar-refractivity contribution in [3.05, 3.63) is 35.6 Å². The minimum atomic E-state index is -0.346. The molecule has 2 atom stereocenters. The van der Waals surface area contributed by atoms with Crippen molar-refractivity contribution < 1.29 is 4.39 Å². The van der Waals surface area contributed by atoms with E-state index in [-0.39, 0.29) is 17.4 Å². The molecular weight excluding hydrogens is 229 g/mol. The highest BCUT2D eigenvalue weighted by Gasteiger charge is 2.41. The molecule has 0 aliphatic carbocycles. The molecule has 2 N–H and O–H groups in total. The molecule has 0 fully saturated rings. The van der Waals surface area contributed by atoms with Gasteiger partial charge in [-0.2, -0.15) is 0 Å². The number of hydrogen-bond acceptors (Lipinski definition) is 3. The minimum Gasteiger partial charge on any atom is -0.370 e. The van der Waals surface area contributed by atoms with Crippen LogP contribution in [0.3, 0.4) is 0 Å². The van der Waals surface area contributed by atoms with Crippen LogP contribution in [0.1, 0.15) is 32.8 Å². The maximum absolute atomic E-state index is 13.4. The van der Waals surface area contributed by atoms with E-state index in [1.165, 1.54) is 6.07 Å². The lowest BCUT2D eigenvalue weighted by atomic mass is 9.89. The van der Waals surface area contributed by atoms with Gasteiger partial charge in [-0.3, -0.25) is 4.99 Å². The summed E-state index contributed by atoms with van der Waals surface area (Å²) in [5.74, 6) is 0.333. The van der Waals surface area contributed by atoms with E-state index in [2.05, 4.69) is 30.7 Å².